The van der Waals surface area contributed by atoms with E-state index in [-0.39, 0.29) is 24.0 Å². The smallest absolute Gasteiger partial charge is 0.191 e. The fourth-order valence-electron chi connectivity index (χ4n) is 3.98. The van der Waals surface area contributed by atoms with Crippen LogP contribution in [0, 0.1) is 11.3 Å². The van der Waals surface area contributed by atoms with Crippen LogP contribution >= 0.6 is 24.0 Å². The molecule has 0 aromatic rings. The zero-order valence-corrected chi connectivity index (χ0v) is 18.6. The van der Waals surface area contributed by atoms with Crippen molar-refractivity contribution >= 4 is 29.9 Å². The van der Waals surface area contributed by atoms with Crippen LogP contribution in [0.1, 0.15) is 65.7 Å². The summed E-state index contributed by atoms with van der Waals surface area (Å²) in [5, 5.41) is 7.19. The Morgan fingerprint density at radius 1 is 1.25 bits per heavy atom. The molecule has 0 aromatic heterocycles. The number of hydrogen-bond acceptors (Lipinski definition) is 2. The molecule has 2 aliphatic carbocycles. The second-order valence-corrected chi connectivity index (χ2v) is 7.63. The van der Waals surface area contributed by atoms with Crippen LogP contribution in [0.3, 0.4) is 0 Å². The van der Waals surface area contributed by atoms with Crippen molar-refractivity contribution in [2.24, 2.45) is 16.3 Å². The molecule has 0 aliphatic heterocycles. The molecule has 2 aliphatic rings. The molecule has 2 fully saturated rings. The van der Waals surface area contributed by atoms with Gasteiger partial charge in [0.2, 0.25) is 0 Å². The summed E-state index contributed by atoms with van der Waals surface area (Å²) >= 11 is 0. The molecule has 0 spiro atoms. The molecule has 5 heteroatoms. The van der Waals surface area contributed by atoms with Gasteiger partial charge in [0.25, 0.3) is 0 Å². The topological polar surface area (TPSA) is 39.7 Å². The van der Waals surface area contributed by atoms with Gasteiger partial charge in [-0.15, -0.1) is 24.0 Å². The third kappa shape index (κ3) is 6.36. The Morgan fingerprint density at radius 3 is 2.38 bits per heavy atom. The Morgan fingerprint density at radius 2 is 1.92 bits per heavy atom. The zero-order valence-electron chi connectivity index (χ0n) is 16.2. The van der Waals surface area contributed by atoms with Crippen LogP contribution in [0.15, 0.2) is 4.99 Å². The van der Waals surface area contributed by atoms with Crippen LogP contribution < -0.4 is 10.6 Å². The van der Waals surface area contributed by atoms with Crippen molar-refractivity contribution in [3.05, 3.63) is 0 Å². The van der Waals surface area contributed by atoms with Gasteiger partial charge in [-0.1, -0.05) is 20.3 Å². The molecule has 0 radical (unpaired) electrons. The maximum atomic E-state index is 4.43. The maximum Gasteiger partial charge on any atom is 0.191 e. The minimum absolute atomic E-state index is 0. The normalized spacial score (nSPS) is 21.0. The van der Waals surface area contributed by atoms with Crippen molar-refractivity contribution in [2.75, 3.05) is 33.2 Å². The lowest BCUT2D eigenvalue weighted by atomic mass is 9.65. The van der Waals surface area contributed by atoms with Crippen LogP contribution in [0.2, 0.25) is 0 Å². The highest BCUT2D eigenvalue weighted by Gasteiger charge is 2.48. The van der Waals surface area contributed by atoms with Crippen molar-refractivity contribution in [3.63, 3.8) is 0 Å². The van der Waals surface area contributed by atoms with E-state index in [0.29, 0.717) is 11.5 Å². The maximum absolute atomic E-state index is 4.43. The number of nitrogens with one attached hydrogen (secondary N) is 2. The number of nitrogens with zero attached hydrogens (tertiary/aromatic N) is 2. The Bertz CT molecular complexity index is 374. The molecular formula is C19H39IN4. The lowest BCUT2D eigenvalue weighted by Crippen LogP contribution is -2.49. The number of hydrogen-bond donors (Lipinski definition) is 2. The van der Waals surface area contributed by atoms with E-state index in [0.717, 1.165) is 31.5 Å². The molecular weight excluding hydrogens is 411 g/mol. The third-order valence-corrected chi connectivity index (χ3v) is 6.01. The zero-order chi connectivity index (χ0) is 16.7. The van der Waals surface area contributed by atoms with Crippen molar-refractivity contribution in [3.8, 4) is 0 Å². The Kier molecular flexibility index (Phi) is 9.94. The van der Waals surface area contributed by atoms with Gasteiger partial charge in [-0.25, -0.2) is 0 Å². The van der Waals surface area contributed by atoms with Gasteiger partial charge in [0, 0.05) is 19.6 Å². The number of rotatable bonds is 10. The predicted octanol–water partition coefficient (Wildman–Crippen LogP) is 3.86. The quantitative estimate of drug-likeness (QED) is 0.302. The molecule has 0 bridgehead atoms. The molecule has 2 rings (SSSR count). The SMILES string of the molecule is CCN(CC)CCCC(C)NC(=NC)NCC1(C2CC2)CCC1.I. The van der Waals surface area contributed by atoms with Gasteiger partial charge in [0.1, 0.15) is 0 Å². The van der Waals surface area contributed by atoms with Crippen LogP contribution in [0.4, 0.5) is 0 Å². The summed E-state index contributed by atoms with van der Waals surface area (Å²) in [6, 6.07) is 0.482. The van der Waals surface area contributed by atoms with E-state index in [1.165, 1.54) is 51.5 Å². The summed E-state index contributed by atoms with van der Waals surface area (Å²) in [4.78, 5) is 6.92. The molecule has 0 aromatic carbocycles. The number of aliphatic imine (C=N–C) groups is 1. The monoisotopic (exact) mass is 450 g/mol. The summed E-state index contributed by atoms with van der Waals surface area (Å²) in [7, 11) is 1.89. The van der Waals surface area contributed by atoms with Crippen molar-refractivity contribution in [2.45, 2.75) is 71.8 Å². The van der Waals surface area contributed by atoms with Gasteiger partial charge in [0.05, 0.1) is 0 Å². The third-order valence-electron chi connectivity index (χ3n) is 6.01. The van der Waals surface area contributed by atoms with E-state index in [2.05, 4.69) is 41.3 Å². The largest absolute Gasteiger partial charge is 0.356 e. The van der Waals surface area contributed by atoms with Crippen molar-refractivity contribution < 1.29 is 0 Å². The first-order valence-corrected chi connectivity index (χ1v) is 9.83. The summed E-state index contributed by atoms with van der Waals surface area (Å²) < 4.78 is 0. The second-order valence-electron chi connectivity index (χ2n) is 7.63. The minimum atomic E-state index is 0. The second kappa shape index (κ2) is 10.8. The molecule has 1 unspecified atom stereocenters. The summed E-state index contributed by atoms with van der Waals surface area (Å²) in [5.41, 5.74) is 0.601. The first-order valence-electron chi connectivity index (χ1n) is 9.83. The van der Waals surface area contributed by atoms with Crippen LogP contribution in [0.25, 0.3) is 0 Å². The fraction of sp³-hybridized carbons (Fsp3) is 0.947. The van der Waals surface area contributed by atoms with E-state index in [1.807, 2.05) is 7.05 Å². The molecule has 0 heterocycles. The average molecular weight is 450 g/mol. The van der Waals surface area contributed by atoms with Gasteiger partial charge >= 0.3 is 0 Å². The Hall–Kier alpha value is -0.0400. The van der Waals surface area contributed by atoms with E-state index < -0.39 is 0 Å². The molecule has 2 N–H and O–H groups in total. The first kappa shape index (κ1) is 22.0. The van der Waals surface area contributed by atoms with Crippen molar-refractivity contribution in [1.29, 1.82) is 0 Å². The highest BCUT2D eigenvalue weighted by Crippen LogP contribution is 2.56. The molecule has 1 atom stereocenters. The van der Waals surface area contributed by atoms with Gasteiger partial charge < -0.3 is 15.5 Å². The minimum Gasteiger partial charge on any atom is -0.356 e. The molecule has 0 saturated heterocycles. The standard InChI is InChI=1S/C19H38N4.HI/c1-5-23(6-2)14-7-9-16(3)22-18(20-4)21-15-19(12-8-13-19)17-10-11-17;/h16-17H,5-15H2,1-4H3,(H2,20,21,22);1H. The van der Waals surface area contributed by atoms with Gasteiger partial charge in [-0.3, -0.25) is 4.99 Å². The van der Waals surface area contributed by atoms with Gasteiger partial charge in [-0.2, -0.15) is 0 Å². The van der Waals surface area contributed by atoms with Crippen LogP contribution in [-0.4, -0.2) is 50.1 Å². The highest BCUT2D eigenvalue weighted by molar-refractivity contribution is 14.0. The van der Waals surface area contributed by atoms with Gasteiger partial charge in [0.15, 0.2) is 5.96 Å². The van der Waals surface area contributed by atoms with E-state index in [4.69, 9.17) is 0 Å². The summed E-state index contributed by atoms with van der Waals surface area (Å²) in [5.74, 6) is 1.99. The van der Waals surface area contributed by atoms with E-state index >= 15 is 0 Å². The Labute approximate surface area is 166 Å². The van der Waals surface area contributed by atoms with Gasteiger partial charge in [-0.05, 0) is 76.4 Å². The van der Waals surface area contributed by atoms with Crippen LogP contribution in [0.5, 0.6) is 0 Å². The predicted molar refractivity (Wildman–Crippen MR) is 115 cm³/mol. The first-order chi connectivity index (χ1) is 11.1. The number of guanidine groups is 1. The molecule has 24 heavy (non-hydrogen) atoms. The lowest BCUT2D eigenvalue weighted by Gasteiger charge is -2.43. The number of halogens is 1. The molecule has 4 nitrogen and oxygen atoms in total. The average Bonchev–Trinajstić information content (AvgIpc) is 3.34. The van der Waals surface area contributed by atoms with E-state index in [9.17, 15) is 0 Å². The molecule has 0 amide bonds. The molecule has 2 saturated carbocycles. The fourth-order valence-corrected chi connectivity index (χ4v) is 3.98. The highest BCUT2D eigenvalue weighted by atomic mass is 127. The summed E-state index contributed by atoms with van der Waals surface area (Å²) in [6.07, 6.45) is 9.61. The summed E-state index contributed by atoms with van der Waals surface area (Å²) in [6.45, 7) is 11.4. The van der Waals surface area contributed by atoms with Crippen LogP contribution in [-0.2, 0) is 0 Å². The lowest BCUT2D eigenvalue weighted by molar-refractivity contribution is 0.105. The molecule has 142 valence electrons. The Balaban J connectivity index is 0.00000288. The van der Waals surface area contributed by atoms with Crippen molar-refractivity contribution in [1.82, 2.24) is 15.5 Å². The van der Waals surface area contributed by atoms with E-state index in [1.54, 1.807) is 0 Å².